The molecule has 78 valence electrons. The highest BCUT2D eigenvalue weighted by atomic mass is 16.6. The van der Waals surface area contributed by atoms with Crippen molar-refractivity contribution in [2.45, 2.75) is 6.42 Å². The molecule has 4 heteroatoms. The monoisotopic (exact) mass is 204 g/mol. The van der Waals surface area contributed by atoms with Gasteiger partial charge in [0.15, 0.2) is 0 Å². The molecule has 2 atom stereocenters. The van der Waals surface area contributed by atoms with E-state index in [9.17, 15) is 10.1 Å². The van der Waals surface area contributed by atoms with Crippen molar-refractivity contribution >= 4 is 11.4 Å². The summed E-state index contributed by atoms with van der Waals surface area (Å²) >= 11 is 0. The number of nitrogens with zero attached hydrogens (tertiary/aromatic N) is 2. The number of non-ortho nitro benzene ring substituents is 1. The van der Waals surface area contributed by atoms with Gasteiger partial charge >= 0.3 is 0 Å². The highest BCUT2D eigenvalue weighted by Crippen LogP contribution is 2.46. The van der Waals surface area contributed by atoms with Crippen LogP contribution in [0.5, 0.6) is 0 Å². The van der Waals surface area contributed by atoms with Crippen LogP contribution in [0.3, 0.4) is 0 Å². The van der Waals surface area contributed by atoms with Crippen LogP contribution in [-0.4, -0.2) is 18.0 Å². The summed E-state index contributed by atoms with van der Waals surface area (Å²) in [7, 11) is 0. The number of rotatable bonds is 2. The lowest BCUT2D eigenvalue weighted by Crippen LogP contribution is -2.21. The van der Waals surface area contributed by atoms with E-state index in [2.05, 4.69) is 4.90 Å². The smallest absolute Gasteiger partial charge is 0.269 e. The molecule has 1 aromatic carbocycles. The Labute approximate surface area is 87.7 Å². The van der Waals surface area contributed by atoms with Crippen molar-refractivity contribution in [3.05, 3.63) is 34.4 Å². The first-order valence-corrected chi connectivity index (χ1v) is 5.23. The third-order valence-electron chi connectivity index (χ3n) is 3.40. The van der Waals surface area contributed by atoms with E-state index in [1.807, 2.05) is 12.1 Å². The molecule has 0 spiro atoms. The van der Waals surface area contributed by atoms with E-state index >= 15 is 0 Å². The van der Waals surface area contributed by atoms with Crippen LogP contribution in [0, 0.1) is 22.0 Å². The van der Waals surface area contributed by atoms with E-state index in [0.29, 0.717) is 0 Å². The first kappa shape index (κ1) is 8.71. The van der Waals surface area contributed by atoms with Gasteiger partial charge in [0, 0.05) is 30.9 Å². The molecule has 1 aliphatic heterocycles. The number of piperidine rings is 1. The number of nitro groups is 1. The van der Waals surface area contributed by atoms with E-state index in [-0.39, 0.29) is 10.6 Å². The third kappa shape index (κ3) is 1.46. The van der Waals surface area contributed by atoms with E-state index < -0.39 is 0 Å². The van der Waals surface area contributed by atoms with Crippen molar-refractivity contribution in [2.75, 3.05) is 18.0 Å². The Bertz CT molecular complexity index is 392. The van der Waals surface area contributed by atoms with Crippen molar-refractivity contribution < 1.29 is 4.92 Å². The largest absolute Gasteiger partial charge is 0.371 e. The molecular weight excluding hydrogens is 192 g/mol. The summed E-state index contributed by atoms with van der Waals surface area (Å²) in [5, 5.41) is 10.5. The van der Waals surface area contributed by atoms with Crippen LogP contribution in [0.4, 0.5) is 11.4 Å². The maximum absolute atomic E-state index is 10.5. The molecule has 1 heterocycles. The molecule has 2 aliphatic rings. The molecule has 1 aliphatic carbocycles. The lowest BCUT2D eigenvalue weighted by molar-refractivity contribution is -0.384. The summed E-state index contributed by atoms with van der Waals surface area (Å²) in [5.74, 6) is 1.78. The van der Waals surface area contributed by atoms with Crippen LogP contribution >= 0.6 is 0 Å². The Morgan fingerprint density at radius 2 is 1.80 bits per heavy atom. The molecule has 3 rings (SSSR count). The van der Waals surface area contributed by atoms with E-state index in [0.717, 1.165) is 30.6 Å². The van der Waals surface area contributed by atoms with Crippen molar-refractivity contribution in [3.63, 3.8) is 0 Å². The van der Waals surface area contributed by atoms with Crippen molar-refractivity contribution in [3.8, 4) is 0 Å². The zero-order valence-electron chi connectivity index (χ0n) is 8.30. The normalized spacial score (nSPS) is 27.6. The quantitative estimate of drug-likeness (QED) is 0.547. The number of anilines is 1. The molecule has 1 saturated heterocycles. The number of benzene rings is 1. The van der Waals surface area contributed by atoms with Gasteiger partial charge in [-0.2, -0.15) is 0 Å². The maximum Gasteiger partial charge on any atom is 0.269 e. The second kappa shape index (κ2) is 2.95. The Balaban J connectivity index is 1.78. The van der Waals surface area contributed by atoms with Gasteiger partial charge in [-0.25, -0.2) is 0 Å². The molecule has 2 fully saturated rings. The SMILES string of the molecule is O=[N+]([O-])c1ccc(N2CC3CC3C2)cc1. The van der Waals surface area contributed by atoms with Gasteiger partial charge in [-0.05, 0) is 30.4 Å². The van der Waals surface area contributed by atoms with Crippen LogP contribution in [0.25, 0.3) is 0 Å². The summed E-state index contributed by atoms with van der Waals surface area (Å²) in [5.41, 5.74) is 1.29. The summed E-state index contributed by atoms with van der Waals surface area (Å²) in [6.07, 6.45) is 1.38. The first-order chi connectivity index (χ1) is 7.24. The van der Waals surface area contributed by atoms with Crippen molar-refractivity contribution in [1.82, 2.24) is 0 Å². The number of hydrogen-bond acceptors (Lipinski definition) is 3. The van der Waals surface area contributed by atoms with Crippen LogP contribution in [0.15, 0.2) is 24.3 Å². The fraction of sp³-hybridized carbons (Fsp3) is 0.455. The van der Waals surface area contributed by atoms with Gasteiger partial charge in [0.05, 0.1) is 4.92 Å². The molecule has 0 aromatic heterocycles. The third-order valence-corrected chi connectivity index (χ3v) is 3.40. The van der Waals surface area contributed by atoms with Gasteiger partial charge in [0.25, 0.3) is 5.69 Å². The van der Waals surface area contributed by atoms with Crippen LogP contribution in [0.1, 0.15) is 6.42 Å². The second-order valence-electron chi connectivity index (χ2n) is 4.43. The molecule has 0 bridgehead atoms. The predicted octanol–water partition coefficient (Wildman–Crippen LogP) is 2.05. The Hall–Kier alpha value is -1.58. The zero-order valence-corrected chi connectivity index (χ0v) is 8.30. The van der Waals surface area contributed by atoms with E-state index in [1.54, 1.807) is 12.1 Å². The van der Waals surface area contributed by atoms with Crippen LogP contribution < -0.4 is 4.90 Å². The molecule has 0 amide bonds. The fourth-order valence-corrected chi connectivity index (χ4v) is 2.39. The second-order valence-corrected chi connectivity index (χ2v) is 4.43. The minimum absolute atomic E-state index is 0.170. The molecule has 2 unspecified atom stereocenters. The topological polar surface area (TPSA) is 46.4 Å². The zero-order chi connectivity index (χ0) is 10.4. The predicted molar refractivity (Wildman–Crippen MR) is 56.9 cm³/mol. The summed E-state index contributed by atoms with van der Waals surface area (Å²) in [6, 6.07) is 6.87. The summed E-state index contributed by atoms with van der Waals surface area (Å²) in [6.45, 7) is 2.25. The van der Waals surface area contributed by atoms with E-state index in [4.69, 9.17) is 0 Å². The number of hydrogen-bond donors (Lipinski definition) is 0. The average molecular weight is 204 g/mol. The standard InChI is InChI=1S/C11H12N2O2/c14-13(15)11-3-1-10(2-4-11)12-6-8-5-9(8)7-12/h1-4,8-9H,5-7H2. The Kier molecular flexibility index (Phi) is 1.71. The lowest BCUT2D eigenvalue weighted by Gasteiger charge is -2.19. The summed E-state index contributed by atoms with van der Waals surface area (Å²) < 4.78 is 0. The lowest BCUT2D eigenvalue weighted by atomic mass is 10.2. The Morgan fingerprint density at radius 3 is 2.33 bits per heavy atom. The molecule has 4 nitrogen and oxygen atoms in total. The highest BCUT2D eigenvalue weighted by Gasteiger charge is 2.45. The van der Waals surface area contributed by atoms with Crippen molar-refractivity contribution in [1.29, 1.82) is 0 Å². The first-order valence-electron chi connectivity index (χ1n) is 5.23. The Morgan fingerprint density at radius 1 is 1.20 bits per heavy atom. The minimum Gasteiger partial charge on any atom is -0.371 e. The number of nitro benzene ring substituents is 1. The molecule has 1 saturated carbocycles. The molecular formula is C11H12N2O2. The molecule has 0 radical (unpaired) electrons. The van der Waals surface area contributed by atoms with Gasteiger partial charge in [-0.15, -0.1) is 0 Å². The molecule has 15 heavy (non-hydrogen) atoms. The molecule has 0 N–H and O–H groups in total. The van der Waals surface area contributed by atoms with Gasteiger partial charge in [0.2, 0.25) is 0 Å². The highest BCUT2D eigenvalue weighted by molar-refractivity contribution is 5.52. The average Bonchev–Trinajstić information content (AvgIpc) is 2.86. The fourth-order valence-electron chi connectivity index (χ4n) is 2.39. The van der Waals surface area contributed by atoms with Gasteiger partial charge in [-0.1, -0.05) is 0 Å². The number of fused-ring (bicyclic) bond motifs is 1. The van der Waals surface area contributed by atoms with Crippen LogP contribution in [0.2, 0.25) is 0 Å². The van der Waals surface area contributed by atoms with E-state index in [1.165, 1.54) is 6.42 Å². The van der Waals surface area contributed by atoms with Gasteiger partial charge in [0.1, 0.15) is 0 Å². The molecule has 1 aromatic rings. The van der Waals surface area contributed by atoms with Gasteiger partial charge in [-0.3, -0.25) is 10.1 Å². The van der Waals surface area contributed by atoms with Crippen LogP contribution in [-0.2, 0) is 0 Å². The minimum atomic E-state index is -0.356. The maximum atomic E-state index is 10.5. The summed E-state index contributed by atoms with van der Waals surface area (Å²) in [4.78, 5) is 12.5. The van der Waals surface area contributed by atoms with Gasteiger partial charge < -0.3 is 4.90 Å². The van der Waals surface area contributed by atoms with Crippen molar-refractivity contribution in [2.24, 2.45) is 11.8 Å².